The topological polar surface area (TPSA) is 40.4 Å². The maximum absolute atomic E-state index is 5.40. The van der Waals surface area contributed by atoms with Crippen molar-refractivity contribution in [2.24, 2.45) is 0 Å². The van der Waals surface area contributed by atoms with Crippen LogP contribution < -0.4 is 10.6 Å². The van der Waals surface area contributed by atoms with Crippen LogP contribution in [0.4, 0.5) is 0 Å². The minimum atomic E-state index is 0.187. The van der Waals surface area contributed by atoms with E-state index in [1.165, 1.54) is 0 Å². The summed E-state index contributed by atoms with van der Waals surface area (Å²) in [6, 6.07) is 4.06. The van der Waals surface area contributed by atoms with E-state index in [0.29, 0.717) is 5.11 Å². The maximum atomic E-state index is 5.40. The predicted octanol–water partition coefficient (Wildman–Crippen LogP) is 1.37. The molecule has 1 aromatic rings. The first-order valence-corrected chi connectivity index (χ1v) is 5.77. The Morgan fingerprint density at radius 2 is 2.25 bits per heavy atom. The fourth-order valence-electron chi connectivity index (χ4n) is 1.43. The lowest BCUT2D eigenvalue weighted by molar-refractivity contribution is 0.258. The second-order valence-electron chi connectivity index (χ2n) is 3.74. The summed E-state index contributed by atoms with van der Waals surface area (Å²) in [5.74, 6) is 0.941. The molecule has 0 fully saturated rings. The monoisotopic (exact) mass is 241 g/mol. The van der Waals surface area contributed by atoms with Crippen LogP contribution in [0.2, 0.25) is 0 Å². The van der Waals surface area contributed by atoms with Gasteiger partial charge in [-0.05, 0) is 45.4 Å². The molecule has 16 heavy (non-hydrogen) atoms. The number of thiocarbonyl (C=S) groups is 1. The minimum absolute atomic E-state index is 0.187. The zero-order chi connectivity index (χ0) is 12.0. The largest absolute Gasteiger partial charge is 0.468 e. The van der Waals surface area contributed by atoms with Crippen LogP contribution in [0.15, 0.2) is 22.8 Å². The normalized spacial score (nSPS) is 12.5. The highest BCUT2D eigenvalue weighted by Gasteiger charge is 2.16. The van der Waals surface area contributed by atoms with E-state index in [2.05, 4.69) is 15.5 Å². The summed E-state index contributed by atoms with van der Waals surface area (Å²) >= 11 is 5.12. The van der Waals surface area contributed by atoms with E-state index in [1.54, 1.807) is 6.26 Å². The number of nitrogens with zero attached hydrogens (tertiary/aromatic N) is 1. The molecule has 90 valence electrons. The molecule has 0 saturated carbocycles. The Kier molecular flexibility index (Phi) is 5.28. The summed E-state index contributed by atoms with van der Waals surface area (Å²) in [6.07, 6.45) is 1.69. The SMILES string of the molecule is CCNC(=S)NC[C@@H](c1ccco1)N(C)C. The van der Waals surface area contributed by atoms with E-state index in [9.17, 15) is 0 Å². The van der Waals surface area contributed by atoms with E-state index < -0.39 is 0 Å². The highest BCUT2D eigenvalue weighted by atomic mass is 32.1. The first kappa shape index (κ1) is 13.0. The van der Waals surface area contributed by atoms with Crippen LogP contribution in [-0.4, -0.2) is 37.2 Å². The van der Waals surface area contributed by atoms with Crippen molar-refractivity contribution in [3.8, 4) is 0 Å². The fraction of sp³-hybridized carbons (Fsp3) is 0.545. The molecule has 1 aromatic heterocycles. The molecule has 0 aliphatic rings. The van der Waals surface area contributed by atoms with Crippen molar-refractivity contribution in [2.45, 2.75) is 13.0 Å². The van der Waals surface area contributed by atoms with Gasteiger partial charge in [0.05, 0.1) is 12.3 Å². The van der Waals surface area contributed by atoms with Gasteiger partial charge in [-0.3, -0.25) is 4.90 Å². The van der Waals surface area contributed by atoms with Crippen molar-refractivity contribution in [1.29, 1.82) is 0 Å². The molecule has 1 atom stereocenters. The Morgan fingerprint density at radius 3 is 2.75 bits per heavy atom. The summed E-state index contributed by atoms with van der Waals surface area (Å²) < 4.78 is 5.40. The van der Waals surface area contributed by atoms with Crippen LogP contribution in [0.3, 0.4) is 0 Å². The molecule has 0 aliphatic heterocycles. The van der Waals surface area contributed by atoms with E-state index in [4.69, 9.17) is 16.6 Å². The summed E-state index contributed by atoms with van der Waals surface area (Å²) in [7, 11) is 4.04. The zero-order valence-corrected chi connectivity index (χ0v) is 10.8. The Balaban J connectivity index is 2.50. The van der Waals surface area contributed by atoms with Crippen LogP contribution >= 0.6 is 12.2 Å². The Hall–Kier alpha value is -1.07. The standard InChI is InChI=1S/C11H19N3OS/c1-4-12-11(16)13-8-9(14(2)3)10-6-5-7-15-10/h5-7,9H,4,8H2,1-3H3,(H2,12,13,16)/t9-/m0/s1. The van der Waals surface area contributed by atoms with Gasteiger partial charge in [-0.25, -0.2) is 0 Å². The van der Waals surface area contributed by atoms with Gasteiger partial charge < -0.3 is 15.1 Å². The van der Waals surface area contributed by atoms with Gasteiger partial charge in [-0.15, -0.1) is 0 Å². The molecule has 4 nitrogen and oxygen atoms in total. The Morgan fingerprint density at radius 1 is 1.50 bits per heavy atom. The molecule has 2 N–H and O–H groups in total. The highest BCUT2D eigenvalue weighted by molar-refractivity contribution is 7.80. The summed E-state index contributed by atoms with van der Waals surface area (Å²) in [4.78, 5) is 2.10. The number of nitrogens with one attached hydrogen (secondary N) is 2. The van der Waals surface area contributed by atoms with E-state index in [0.717, 1.165) is 18.8 Å². The van der Waals surface area contributed by atoms with Gasteiger partial charge in [0.2, 0.25) is 0 Å². The Bertz CT molecular complexity index is 311. The van der Waals surface area contributed by atoms with Gasteiger partial charge in [0.25, 0.3) is 0 Å². The van der Waals surface area contributed by atoms with Crippen LogP contribution in [0.1, 0.15) is 18.7 Å². The van der Waals surface area contributed by atoms with Crippen molar-refractivity contribution in [1.82, 2.24) is 15.5 Å². The third-order valence-corrected chi connectivity index (χ3v) is 2.58. The minimum Gasteiger partial charge on any atom is -0.468 e. The van der Waals surface area contributed by atoms with Crippen LogP contribution in [0.5, 0.6) is 0 Å². The van der Waals surface area contributed by atoms with E-state index >= 15 is 0 Å². The van der Waals surface area contributed by atoms with Crippen molar-refractivity contribution >= 4 is 17.3 Å². The van der Waals surface area contributed by atoms with Gasteiger partial charge >= 0.3 is 0 Å². The number of likely N-dealkylation sites (N-methyl/N-ethyl adjacent to an activating group) is 1. The molecule has 0 bridgehead atoms. The van der Waals surface area contributed by atoms with Gasteiger partial charge in [0.1, 0.15) is 5.76 Å². The molecule has 0 radical (unpaired) electrons. The quantitative estimate of drug-likeness (QED) is 0.762. The number of hydrogen-bond donors (Lipinski definition) is 2. The van der Waals surface area contributed by atoms with Crippen molar-refractivity contribution in [3.05, 3.63) is 24.2 Å². The lowest BCUT2D eigenvalue weighted by Crippen LogP contribution is -2.40. The van der Waals surface area contributed by atoms with Crippen molar-refractivity contribution in [3.63, 3.8) is 0 Å². The molecule has 0 aliphatic carbocycles. The molecule has 0 spiro atoms. The smallest absolute Gasteiger partial charge is 0.166 e. The molecule has 0 saturated heterocycles. The van der Waals surface area contributed by atoms with Crippen LogP contribution in [0.25, 0.3) is 0 Å². The van der Waals surface area contributed by atoms with E-state index in [1.807, 2.05) is 33.2 Å². The van der Waals surface area contributed by atoms with E-state index in [-0.39, 0.29) is 6.04 Å². The summed E-state index contributed by atoms with van der Waals surface area (Å²) in [5, 5.41) is 6.91. The molecular weight excluding hydrogens is 222 g/mol. The molecule has 5 heteroatoms. The van der Waals surface area contributed by atoms with Crippen LogP contribution in [0, 0.1) is 0 Å². The lowest BCUT2D eigenvalue weighted by atomic mass is 10.2. The number of rotatable bonds is 5. The molecule has 1 heterocycles. The third kappa shape index (κ3) is 3.83. The van der Waals surface area contributed by atoms with Crippen molar-refractivity contribution < 1.29 is 4.42 Å². The Labute approximate surface area is 102 Å². The summed E-state index contributed by atoms with van der Waals surface area (Å²) in [6.45, 7) is 3.58. The third-order valence-electron chi connectivity index (χ3n) is 2.29. The zero-order valence-electron chi connectivity index (χ0n) is 9.99. The van der Waals surface area contributed by atoms with Gasteiger partial charge in [-0.2, -0.15) is 0 Å². The fourth-order valence-corrected chi connectivity index (χ4v) is 1.66. The average Bonchev–Trinajstić information content (AvgIpc) is 2.71. The molecular formula is C11H19N3OS. The summed E-state index contributed by atoms with van der Waals surface area (Å²) in [5.41, 5.74) is 0. The van der Waals surface area contributed by atoms with Gasteiger partial charge in [-0.1, -0.05) is 0 Å². The van der Waals surface area contributed by atoms with Gasteiger partial charge in [0, 0.05) is 13.1 Å². The van der Waals surface area contributed by atoms with Crippen molar-refractivity contribution in [2.75, 3.05) is 27.2 Å². The second-order valence-corrected chi connectivity index (χ2v) is 4.14. The molecule has 0 aromatic carbocycles. The first-order valence-electron chi connectivity index (χ1n) is 5.36. The maximum Gasteiger partial charge on any atom is 0.166 e. The number of furan rings is 1. The average molecular weight is 241 g/mol. The molecule has 1 rings (SSSR count). The molecule has 0 unspecified atom stereocenters. The second kappa shape index (κ2) is 6.50. The predicted molar refractivity (Wildman–Crippen MR) is 69.4 cm³/mol. The number of hydrogen-bond acceptors (Lipinski definition) is 3. The lowest BCUT2D eigenvalue weighted by Gasteiger charge is -2.23. The first-order chi connectivity index (χ1) is 7.65. The molecule has 0 amide bonds. The van der Waals surface area contributed by atoms with Crippen LogP contribution in [-0.2, 0) is 0 Å². The van der Waals surface area contributed by atoms with Gasteiger partial charge in [0.15, 0.2) is 5.11 Å². The highest BCUT2D eigenvalue weighted by Crippen LogP contribution is 2.17.